The van der Waals surface area contributed by atoms with Crippen molar-refractivity contribution in [2.45, 2.75) is 17.6 Å². The number of amidine groups is 1. The number of allylic oxidation sites excluding steroid dienone is 2. The number of halogens is 1. The highest BCUT2D eigenvalue weighted by Gasteiger charge is 2.57. The van der Waals surface area contributed by atoms with Crippen LogP contribution in [0.3, 0.4) is 0 Å². The van der Waals surface area contributed by atoms with Gasteiger partial charge in [-0.1, -0.05) is 54.6 Å². The van der Waals surface area contributed by atoms with Gasteiger partial charge in [0.2, 0.25) is 0 Å². The predicted octanol–water partition coefficient (Wildman–Crippen LogP) is 5.23. The molecule has 0 saturated heterocycles. The number of benzene rings is 3. The van der Waals surface area contributed by atoms with Gasteiger partial charge >= 0.3 is 0 Å². The number of rotatable bonds is 5. The van der Waals surface area contributed by atoms with E-state index in [1.807, 2.05) is 54.6 Å². The van der Waals surface area contributed by atoms with E-state index in [0.29, 0.717) is 23.4 Å². The number of nitrogens with zero attached hydrogens (tertiary/aromatic N) is 1. The molecule has 1 aliphatic carbocycles. The SMILES string of the molecule is COc1ccc(C2(C3(OC)C=CC=C(c4ccccc4)C3)N=C(N)c3ccc(F)cc32)cc1. The molecule has 3 aromatic carbocycles. The highest BCUT2D eigenvalue weighted by atomic mass is 19.1. The molecule has 0 bridgehead atoms. The van der Waals surface area contributed by atoms with Gasteiger partial charge in [-0.3, -0.25) is 0 Å². The summed E-state index contributed by atoms with van der Waals surface area (Å²) in [4.78, 5) is 5.03. The molecule has 0 amide bonds. The van der Waals surface area contributed by atoms with Crippen LogP contribution in [0.1, 0.15) is 28.7 Å². The summed E-state index contributed by atoms with van der Waals surface area (Å²) < 4.78 is 26.3. The van der Waals surface area contributed by atoms with Crippen LogP contribution in [-0.2, 0) is 10.3 Å². The lowest BCUT2D eigenvalue weighted by Gasteiger charge is -2.46. The zero-order valence-electron chi connectivity index (χ0n) is 18.6. The van der Waals surface area contributed by atoms with Crippen molar-refractivity contribution in [3.8, 4) is 5.75 Å². The molecule has 166 valence electrons. The Bertz CT molecular complexity index is 1280. The first-order valence-electron chi connectivity index (χ1n) is 10.8. The average Bonchev–Trinajstić information content (AvgIpc) is 3.17. The Labute approximate surface area is 192 Å². The van der Waals surface area contributed by atoms with Crippen LogP contribution in [0.5, 0.6) is 5.75 Å². The fourth-order valence-corrected chi connectivity index (χ4v) is 5.07. The largest absolute Gasteiger partial charge is 0.497 e. The van der Waals surface area contributed by atoms with Crippen LogP contribution in [0.4, 0.5) is 4.39 Å². The molecular weight excluding hydrogens is 415 g/mol. The third-order valence-electron chi connectivity index (χ3n) is 6.68. The van der Waals surface area contributed by atoms with Crippen molar-refractivity contribution >= 4 is 11.4 Å². The van der Waals surface area contributed by atoms with Gasteiger partial charge in [-0.2, -0.15) is 0 Å². The number of fused-ring (bicyclic) bond motifs is 1. The molecule has 0 saturated carbocycles. The second-order valence-corrected chi connectivity index (χ2v) is 8.31. The topological polar surface area (TPSA) is 56.8 Å². The normalized spacial score (nSPS) is 23.6. The molecule has 0 fully saturated rings. The maximum absolute atomic E-state index is 14.6. The molecule has 2 aliphatic rings. The van der Waals surface area contributed by atoms with Crippen molar-refractivity contribution in [1.29, 1.82) is 0 Å². The highest BCUT2D eigenvalue weighted by Crippen LogP contribution is 2.54. The van der Waals surface area contributed by atoms with Gasteiger partial charge in [-0.15, -0.1) is 0 Å². The summed E-state index contributed by atoms with van der Waals surface area (Å²) >= 11 is 0. The molecule has 4 nitrogen and oxygen atoms in total. The van der Waals surface area contributed by atoms with E-state index in [9.17, 15) is 4.39 Å². The van der Waals surface area contributed by atoms with Crippen molar-refractivity contribution in [3.63, 3.8) is 0 Å². The first kappa shape index (κ1) is 21.2. The number of methoxy groups -OCH3 is 2. The third-order valence-corrected chi connectivity index (χ3v) is 6.68. The van der Waals surface area contributed by atoms with Crippen molar-refractivity contribution in [1.82, 2.24) is 0 Å². The molecular formula is C28H25FN2O2. The monoisotopic (exact) mass is 440 g/mol. The summed E-state index contributed by atoms with van der Waals surface area (Å²) in [5, 5.41) is 0. The number of ether oxygens (including phenoxy) is 2. The van der Waals surface area contributed by atoms with E-state index >= 15 is 0 Å². The average molecular weight is 441 g/mol. The quantitative estimate of drug-likeness (QED) is 0.591. The van der Waals surface area contributed by atoms with E-state index in [1.54, 1.807) is 20.3 Å². The first-order chi connectivity index (χ1) is 16.0. The summed E-state index contributed by atoms with van der Waals surface area (Å²) in [5.41, 5.74) is 8.87. The highest BCUT2D eigenvalue weighted by molar-refractivity contribution is 6.03. The van der Waals surface area contributed by atoms with Gasteiger partial charge in [0.1, 0.15) is 28.5 Å². The Kier molecular flexibility index (Phi) is 5.14. The first-order valence-corrected chi connectivity index (χ1v) is 10.8. The second-order valence-electron chi connectivity index (χ2n) is 8.31. The number of aliphatic imine (C=N–C) groups is 1. The molecule has 5 rings (SSSR count). The van der Waals surface area contributed by atoms with Gasteiger partial charge in [-0.05, 0) is 53.1 Å². The Morgan fingerprint density at radius 3 is 2.42 bits per heavy atom. The summed E-state index contributed by atoms with van der Waals surface area (Å²) in [5.74, 6) is 0.738. The van der Waals surface area contributed by atoms with E-state index < -0.39 is 11.1 Å². The summed E-state index contributed by atoms with van der Waals surface area (Å²) in [7, 11) is 3.30. The standard InChI is InChI=1S/C28H25FN2O2/c1-32-23-13-10-21(11-14-23)28(25-17-22(29)12-15-24(25)26(30)31-28)27(33-2)16-6-9-20(18-27)19-7-4-3-5-8-19/h3-17H,18H2,1-2H3,(H2,30,31). The number of hydrogen-bond donors (Lipinski definition) is 1. The fourth-order valence-electron chi connectivity index (χ4n) is 5.07. The van der Waals surface area contributed by atoms with Gasteiger partial charge in [0.25, 0.3) is 0 Å². The molecule has 0 spiro atoms. The van der Waals surface area contributed by atoms with Crippen LogP contribution in [-0.4, -0.2) is 25.7 Å². The molecule has 5 heteroatoms. The third kappa shape index (κ3) is 3.19. The van der Waals surface area contributed by atoms with E-state index in [0.717, 1.165) is 22.4 Å². The van der Waals surface area contributed by atoms with E-state index in [-0.39, 0.29) is 5.82 Å². The van der Waals surface area contributed by atoms with Crippen LogP contribution < -0.4 is 10.5 Å². The van der Waals surface area contributed by atoms with Crippen molar-refractivity contribution < 1.29 is 13.9 Å². The minimum absolute atomic E-state index is 0.346. The van der Waals surface area contributed by atoms with Crippen LogP contribution in [0.15, 0.2) is 96.0 Å². The maximum Gasteiger partial charge on any atom is 0.146 e. The van der Waals surface area contributed by atoms with Crippen molar-refractivity contribution in [2.24, 2.45) is 10.7 Å². The zero-order chi connectivity index (χ0) is 23.1. The van der Waals surface area contributed by atoms with Gasteiger partial charge in [0, 0.05) is 24.7 Å². The molecule has 3 aromatic rings. The van der Waals surface area contributed by atoms with E-state index in [4.69, 9.17) is 20.2 Å². The number of hydrogen-bond acceptors (Lipinski definition) is 4. The van der Waals surface area contributed by atoms with Gasteiger partial charge in [0.05, 0.1) is 7.11 Å². The lowest BCUT2D eigenvalue weighted by atomic mass is 9.66. The Morgan fingerprint density at radius 2 is 1.73 bits per heavy atom. The molecule has 2 N–H and O–H groups in total. The van der Waals surface area contributed by atoms with Gasteiger partial charge in [-0.25, -0.2) is 9.38 Å². The molecule has 33 heavy (non-hydrogen) atoms. The molecule has 2 unspecified atom stereocenters. The van der Waals surface area contributed by atoms with Gasteiger partial charge in [0.15, 0.2) is 0 Å². The van der Waals surface area contributed by atoms with Crippen LogP contribution in [0.25, 0.3) is 5.57 Å². The summed E-state index contributed by atoms with van der Waals surface area (Å²) in [6.07, 6.45) is 6.62. The Balaban J connectivity index is 1.76. The predicted molar refractivity (Wildman–Crippen MR) is 129 cm³/mol. The summed E-state index contributed by atoms with van der Waals surface area (Å²) in [6, 6.07) is 22.5. The molecule has 1 aliphatic heterocycles. The minimum atomic E-state index is -1.08. The van der Waals surface area contributed by atoms with Crippen molar-refractivity contribution in [3.05, 3.63) is 119 Å². The zero-order valence-corrected chi connectivity index (χ0v) is 18.6. The Hall–Kier alpha value is -3.70. The van der Waals surface area contributed by atoms with Crippen LogP contribution >= 0.6 is 0 Å². The van der Waals surface area contributed by atoms with E-state index in [1.165, 1.54) is 12.1 Å². The smallest absolute Gasteiger partial charge is 0.146 e. The summed E-state index contributed by atoms with van der Waals surface area (Å²) in [6.45, 7) is 0. The molecule has 2 atom stereocenters. The minimum Gasteiger partial charge on any atom is -0.497 e. The maximum atomic E-state index is 14.6. The van der Waals surface area contributed by atoms with Crippen molar-refractivity contribution in [2.75, 3.05) is 14.2 Å². The lowest BCUT2D eigenvalue weighted by molar-refractivity contribution is -0.0153. The lowest BCUT2D eigenvalue weighted by Crippen LogP contribution is -2.51. The van der Waals surface area contributed by atoms with Crippen LogP contribution in [0, 0.1) is 5.82 Å². The molecule has 1 heterocycles. The molecule has 0 radical (unpaired) electrons. The van der Waals surface area contributed by atoms with E-state index in [2.05, 4.69) is 18.2 Å². The Morgan fingerprint density at radius 1 is 0.970 bits per heavy atom. The number of nitrogens with two attached hydrogens (primary N) is 1. The van der Waals surface area contributed by atoms with Crippen LogP contribution in [0.2, 0.25) is 0 Å². The second kappa shape index (κ2) is 8.01. The van der Waals surface area contributed by atoms with Gasteiger partial charge < -0.3 is 15.2 Å². The molecule has 0 aromatic heterocycles. The fraction of sp³-hybridized carbons (Fsp3) is 0.179.